The van der Waals surface area contributed by atoms with Gasteiger partial charge in [-0.05, 0) is 224 Å². The summed E-state index contributed by atoms with van der Waals surface area (Å²) in [5.74, 6) is -2.59. The summed E-state index contributed by atoms with van der Waals surface area (Å²) in [6, 6.07) is 66.8. The van der Waals surface area contributed by atoms with Gasteiger partial charge in [-0.15, -0.1) is 11.3 Å². The molecule has 4 amide bonds. The normalized spacial score (nSPS) is 11.4. The van der Waals surface area contributed by atoms with E-state index in [9.17, 15) is 52.8 Å². The van der Waals surface area contributed by atoms with Crippen LogP contribution in [0.2, 0.25) is 20.1 Å². The number of thiophene rings is 1. The van der Waals surface area contributed by atoms with Crippen LogP contribution in [0.15, 0.2) is 269 Å². The number of aromatic nitrogens is 8. The van der Waals surface area contributed by atoms with Crippen LogP contribution in [-0.2, 0) is 85.0 Å². The quantitative estimate of drug-likeness (QED) is 0.0458. The summed E-state index contributed by atoms with van der Waals surface area (Å²) in [4.78, 5) is 50.8. The third kappa shape index (κ3) is 23.0. The van der Waals surface area contributed by atoms with Gasteiger partial charge in [0.25, 0.3) is 40.1 Å². The van der Waals surface area contributed by atoms with E-state index in [2.05, 4.69) is 77.8 Å². The Morgan fingerprint density at radius 3 is 1.17 bits per heavy atom. The number of amides is 4. The minimum atomic E-state index is -4.05. The zero-order chi connectivity index (χ0) is 81.5. The van der Waals surface area contributed by atoms with Crippen molar-refractivity contribution >= 4 is 172 Å². The third-order valence-corrected chi connectivity index (χ3v) is 28.2. The van der Waals surface area contributed by atoms with Gasteiger partial charge >= 0.3 is 0 Å². The van der Waals surface area contributed by atoms with Crippen LogP contribution < -0.4 is 18.9 Å². The van der Waals surface area contributed by atoms with Gasteiger partial charge in [0.15, 0.2) is 0 Å². The molecule has 0 unspecified atom stereocenters. The molecule has 113 heavy (non-hydrogen) atoms. The first kappa shape index (κ1) is 86.1. The SMILES string of the molecule is Cc1cc(CC(=O)NS(=O)(=O)c2cc(Cl)c(Sc3ccccc3)s2)n(-c2ccccc2)n1.Cc1nn(-c2ccccc2)c(CC(=O)NS(=O)(=O)c2ccc(Cl)cc2)c1Br.Cc1nn(-c2ccccc2)c(CC(=O)NS(=O)(=O)c2ccc(Cl)cc2)c1C.Cc1nn(-c2ccccc2)c(CC(=O)NS(=O)(=O)c2ccc(Cl)cc2)c1I. The summed E-state index contributed by atoms with van der Waals surface area (Å²) in [5.41, 5.74) is 9.40. The first-order valence-electron chi connectivity index (χ1n) is 33.5. The van der Waals surface area contributed by atoms with Gasteiger partial charge in [-0.1, -0.05) is 149 Å². The Labute approximate surface area is 702 Å². The molecule has 0 saturated heterocycles. The smallest absolute Gasteiger partial charge is 0.273 e. The topological polar surface area (TPSA) is 324 Å². The van der Waals surface area contributed by atoms with Crippen molar-refractivity contribution in [3.8, 4) is 22.7 Å². The van der Waals surface area contributed by atoms with Gasteiger partial charge < -0.3 is 0 Å². The number of carbonyl (C=O) groups is 4. The highest BCUT2D eigenvalue weighted by molar-refractivity contribution is 14.1. The predicted octanol–water partition coefficient (Wildman–Crippen LogP) is 15.4. The highest BCUT2D eigenvalue weighted by Gasteiger charge is 2.28. The molecule has 0 aliphatic heterocycles. The fourth-order valence-corrected chi connectivity index (χ4v) is 19.0. The summed E-state index contributed by atoms with van der Waals surface area (Å²) in [7, 11) is -16.0. The van der Waals surface area contributed by atoms with Crippen LogP contribution in [0.5, 0.6) is 0 Å². The molecule has 0 radical (unpaired) electrons. The number of nitrogens with one attached hydrogen (secondary N) is 4. The van der Waals surface area contributed by atoms with Gasteiger partial charge in [-0.25, -0.2) is 71.3 Å². The van der Waals surface area contributed by atoms with E-state index in [-0.39, 0.29) is 44.6 Å². The molecule has 8 aromatic carbocycles. The van der Waals surface area contributed by atoms with Crippen molar-refractivity contribution in [3.05, 3.63) is 316 Å². The zero-order valence-corrected chi connectivity index (χ0v) is 71.7. The van der Waals surface area contributed by atoms with Crippen molar-refractivity contribution in [3.63, 3.8) is 0 Å². The lowest BCUT2D eigenvalue weighted by atomic mass is 10.1. The lowest BCUT2D eigenvalue weighted by molar-refractivity contribution is -0.119. The fraction of sp³-hybridized carbons (Fsp3) is 0.117. The third-order valence-electron chi connectivity index (χ3n) is 16.1. The summed E-state index contributed by atoms with van der Waals surface area (Å²) in [6.07, 6.45) is -0.544. The summed E-state index contributed by atoms with van der Waals surface area (Å²) >= 11 is 31.5. The van der Waals surface area contributed by atoms with Crippen molar-refractivity contribution in [1.82, 2.24) is 58.0 Å². The van der Waals surface area contributed by atoms with Crippen LogP contribution in [0.4, 0.5) is 0 Å². The number of nitrogens with zero attached hydrogens (tertiary/aromatic N) is 8. The average Bonchev–Trinajstić information content (AvgIpc) is 0.974. The molecule has 584 valence electrons. The number of hydrogen-bond acceptors (Lipinski definition) is 18. The molecule has 0 spiro atoms. The molecular weight excluding hydrogens is 1830 g/mol. The van der Waals surface area contributed by atoms with Crippen LogP contribution in [0.3, 0.4) is 0 Å². The molecule has 0 aliphatic carbocycles. The van der Waals surface area contributed by atoms with Gasteiger partial charge in [0.1, 0.15) is 4.21 Å². The first-order chi connectivity index (χ1) is 53.6. The number of aryl methyl sites for hydroxylation is 4. The number of sulfonamides is 4. The molecule has 5 aromatic heterocycles. The standard InChI is InChI=1S/C22H18ClN3O3S3.C19H18ClN3O3S.C18H15BrClN3O3S.C18H15ClIN3O3S/c1-15-12-17(26(24-15)16-8-4-2-5-9-16)13-20(27)25-32(28,29)21-14-19(23)22(31-21)30-18-10-6-3-7-11-18;1-13-14(2)21-23(16-6-4-3-5-7-16)18(13)12-19(24)22-27(25,26)17-10-8-15(20)9-11-17;1-12-18(19)16(23(21-12)14-5-3-2-4-6-14)11-17(24)22-27(25,26)15-9-7-13(20)8-10-15;1-12-18(20)16(23(21-12)14-5-3-2-4-6-14)11-17(24)22-27(25,26)15-9-7-13(19)8-10-15/h2-12,14H,13H2,1H3,(H,25,27);3-11H,12H2,1-2H3,(H,22,24);2*2-10H,11H2,1H3,(H,22,24). The van der Waals surface area contributed by atoms with Gasteiger partial charge in [0.2, 0.25) is 23.6 Å². The van der Waals surface area contributed by atoms with E-state index in [4.69, 9.17) is 46.4 Å². The molecule has 5 heterocycles. The van der Waals surface area contributed by atoms with Crippen molar-refractivity contribution in [2.24, 2.45) is 0 Å². The van der Waals surface area contributed by atoms with Crippen LogP contribution in [0, 0.1) is 38.2 Å². The molecule has 13 aromatic rings. The lowest BCUT2D eigenvalue weighted by Crippen LogP contribution is -2.32. The number of para-hydroxylation sites is 4. The minimum absolute atomic E-state index is 0.0120. The monoisotopic (exact) mass is 1890 g/mol. The number of hydrogen-bond donors (Lipinski definition) is 4. The van der Waals surface area contributed by atoms with E-state index >= 15 is 0 Å². The van der Waals surface area contributed by atoms with Crippen molar-refractivity contribution in [2.45, 2.75) is 88.3 Å². The van der Waals surface area contributed by atoms with Crippen LogP contribution in [-0.4, -0.2) is 96.4 Å². The molecule has 24 nitrogen and oxygen atoms in total. The second kappa shape index (κ2) is 38.2. The maximum absolute atomic E-state index is 12.8. The van der Waals surface area contributed by atoms with Crippen LogP contribution in [0.1, 0.15) is 51.1 Å². The summed E-state index contributed by atoms with van der Waals surface area (Å²) in [6.45, 7) is 9.17. The van der Waals surface area contributed by atoms with E-state index in [1.165, 1.54) is 90.6 Å². The number of halogens is 6. The Hall–Kier alpha value is -9.30. The summed E-state index contributed by atoms with van der Waals surface area (Å²) < 4.78 is 117. The Morgan fingerprint density at radius 2 is 0.743 bits per heavy atom. The molecule has 0 atom stereocenters. The molecule has 36 heteroatoms. The van der Waals surface area contributed by atoms with Crippen LogP contribution in [0.25, 0.3) is 22.7 Å². The van der Waals surface area contributed by atoms with Gasteiger partial charge in [0, 0.05) is 20.0 Å². The number of carbonyl (C=O) groups excluding carboxylic acids is 4. The fourth-order valence-electron chi connectivity index (χ4n) is 10.7. The maximum Gasteiger partial charge on any atom is 0.273 e. The van der Waals surface area contributed by atoms with Crippen molar-refractivity contribution in [2.75, 3.05) is 0 Å². The molecule has 0 fully saturated rings. The average molecular weight is 1890 g/mol. The molecule has 4 N–H and O–H groups in total. The van der Waals surface area contributed by atoms with Crippen molar-refractivity contribution in [1.29, 1.82) is 0 Å². The van der Waals surface area contributed by atoms with Gasteiger partial charge in [-0.3, -0.25) is 19.2 Å². The highest BCUT2D eigenvalue weighted by Crippen LogP contribution is 2.41. The van der Waals surface area contributed by atoms with E-state index in [1.54, 1.807) is 31.7 Å². The maximum atomic E-state index is 12.8. The second-order valence-corrected chi connectivity index (χ2v) is 37.4. The lowest BCUT2D eigenvalue weighted by Gasteiger charge is -2.10. The Bertz CT molecular complexity index is 5660. The highest BCUT2D eigenvalue weighted by atomic mass is 127. The first-order valence-corrected chi connectivity index (χ1v) is 44.4. The molecule has 13 rings (SSSR count). The Morgan fingerprint density at radius 1 is 0.407 bits per heavy atom. The van der Waals surface area contributed by atoms with E-state index in [0.717, 1.165) is 65.2 Å². The van der Waals surface area contributed by atoms with E-state index < -0.39 is 63.7 Å². The molecule has 0 aliphatic rings. The molecule has 0 bridgehead atoms. The molecule has 0 saturated carbocycles. The summed E-state index contributed by atoms with van der Waals surface area (Å²) in [5, 5.41) is 19.3. The zero-order valence-electron chi connectivity index (χ0n) is 60.0. The van der Waals surface area contributed by atoms with E-state index in [1.807, 2.05) is 179 Å². The van der Waals surface area contributed by atoms with Crippen molar-refractivity contribution < 1.29 is 52.8 Å². The van der Waals surface area contributed by atoms with Gasteiger partial charge in [0.05, 0.1) is 126 Å². The minimum Gasteiger partial charge on any atom is -0.274 e. The van der Waals surface area contributed by atoms with E-state index in [0.29, 0.717) is 57.2 Å². The Balaban J connectivity index is 0.000000160. The second-order valence-electron chi connectivity index (χ2n) is 24.4. The van der Waals surface area contributed by atoms with Crippen LogP contribution >= 0.6 is 108 Å². The molecular formula is C77H66BrCl4IN12O12S6. The number of benzene rings is 8. The predicted molar refractivity (Wildman–Crippen MR) is 449 cm³/mol. The number of rotatable bonds is 22. The largest absolute Gasteiger partial charge is 0.274 e. The van der Waals surface area contributed by atoms with Gasteiger partial charge in [-0.2, -0.15) is 20.4 Å². The Kier molecular flexibility index (Phi) is 29.1.